The summed E-state index contributed by atoms with van der Waals surface area (Å²) in [5, 5.41) is 15.2. The Hall–Kier alpha value is -3.00. The van der Waals surface area contributed by atoms with Gasteiger partial charge in [0.25, 0.3) is 0 Å². The predicted molar refractivity (Wildman–Crippen MR) is 101 cm³/mol. The number of amides is 1. The van der Waals surface area contributed by atoms with Crippen LogP contribution in [0, 0.1) is 0 Å². The van der Waals surface area contributed by atoms with Crippen LogP contribution in [0.2, 0.25) is 0 Å². The van der Waals surface area contributed by atoms with Gasteiger partial charge in [-0.15, -0.1) is 10.2 Å². The zero-order chi connectivity index (χ0) is 18.9. The first-order valence-corrected chi connectivity index (χ1v) is 9.65. The van der Waals surface area contributed by atoms with E-state index in [0.29, 0.717) is 11.8 Å². The van der Waals surface area contributed by atoms with E-state index in [1.54, 1.807) is 0 Å². The predicted octanol–water partition coefficient (Wildman–Crippen LogP) is 1.81. The molecule has 5 rings (SSSR count). The second kappa shape index (κ2) is 7.20. The van der Waals surface area contributed by atoms with Crippen molar-refractivity contribution >= 4 is 5.91 Å². The second-order valence-corrected chi connectivity index (χ2v) is 7.62. The van der Waals surface area contributed by atoms with Gasteiger partial charge in [-0.25, -0.2) is 0 Å². The Morgan fingerprint density at radius 1 is 1.11 bits per heavy atom. The third-order valence-electron chi connectivity index (χ3n) is 5.13. The molecule has 1 N–H and O–H groups in total. The number of carbonyl (C=O) groups excluding carboxylic acids is 1. The lowest BCUT2D eigenvalue weighted by Gasteiger charge is -2.39. The maximum Gasteiger partial charge on any atom is 0.309 e. The molecule has 8 nitrogen and oxygen atoms in total. The minimum Gasteiger partial charge on any atom is -0.417 e. The summed E-state index contributed by atoms with van der Waals surface area (Å²) in [6.45, 7) is 3.21. The fourth-order valence-corrected chi connectivity index (χ4v) is 3.46. The molecule has 3 aromatic rings. The number of benzene rings is 1. The molecular formula is C20H22N6O2. The Bertz CT molecular complexity index is 956. The Balaban J connectivity index is 1.08. The summed E-state index contributed by atoms with van der Waals surface area (Å²) < 4.78 is 7.41. The van der Waals surface area contributed by atoms with E-state index in [1.165, 1.54) is 11.1 Å². The van der Waals surface area contributed by atoms with Crippen LogP contribution in [0.5, 0.6) is 0 Å². The Kier molecular flexibility index (Phi) is 4.40. The molecule has 8 heteroatoms. The number of hydrogen-bond acceptors (Lipinski definition) is 6. The number of aromatic nitrogens is 4. The van der Waals surface area contributed by atoms with Crippen LogP contribution < -0.4 is 5.32 Å². The number of nitrogens with one attached hydrogen (secondary N) is 1. The molecule has 0 atom stereocenters. The van der Waals surface area contributed by atoms with Crippen molar-refractivity contribution < 1.29 is 9.21 Å². The molecule has 0 bridgehead atoms. The zero-order valence-electron chi connectivity index (χ0n) is 15.5. The lowest BCUT2D eigenvalue weighted by atomic mass is 10.1. The summed E-state index contributed by atoms with van der Waals surface area (Å²) in [6.07, 6.45) is 6.13. The number of rotatable bonds is 7. The van der Waals surface area contributed by atoms with Crippen molar-refractivity contribution in [3.05, 3.63) is 65.6 Å². The van der Waals surface area contributed by atoms with Crippen molar-refractivity contribution in [1.82, 2.24) is 30.2 Å². The van der Waals surface area contributed by atoms with Gasteiger partial charge in [-0.2, -0.15) is 5.10 Å². The molecule has 28 heavy (non-hydrogen) atoms. The van der Waals surface area contributed by atoms with Crippen molar-refractivity contribution in [2.24, 2.45) is 0 Å². The summed E-state index contributed by atoms with van der Waals surface area (Å²) >= 11 is 0. The van der Waals surface area contributed by atoms with Crippen LogP contribution in [-0.4, -0.2) is 49.9 Å². The molecular weight excluding hydrogens is 356 g/mol. The standard InChI is InChI=1S/C20H22N6O2/c27-18(20-24-23-19(28-20)16-6-7-16)22-17-12-25(13-17)9-15-8-21-26(11-15)10-14-4-2-1-3-5-14/h1-5,8,11,16-17H,6-7,9-10,12-13H2,(H,22,27). The lowest BCUT2D eigenvalue weighted by molar-refractivity contribution is 0.0762. The SMILES string of the molecule is O=C(NC1CN(Cc2cnn(Cc3ccccc3)c2)C1)c1nnc(C2CC2)o1. The molecule has 1 aromatic carbocycles. The van der Waals surface area contributed by atoms with Crippen LogP contribution >= 0.6 is 0 Å². The molecule has 2 aromatic heterocycles. The zero-order valence-corrected chi connectivity index (χ0v) is 15.5. The average molecular weight is 378 g/mol. The molecule has 144 valence electrons. The topological polar surface area (TPSA) is 89.1 Å². The van der Waals surface area contributed by atoms with Crippen molar-refractivity contribution in [2.45, 2.75) is 37.9 Å². The third-order valence-corrected chi connectivity index (χ3v) is 5.13. The summed E-state index contributed by atoms with van der Waals surface area (Å²) in [5.74, 6) is 0.742. The van der Waals surface area contributed by atoms with Crippen LogP contribution in [0.1, 0.15) is 46.5 Å². The van der Waals surface area contributed by atoms with E-state index >= 15 is 0 Å². The fraction of sp³-hybridized carbons (Fsp3) is 0.400. The van der Waals surface area contributed by atoms with Crippen molar-refractivity contribution in [1.29, 1.82) is 0 Å². The maximum absolute atomic E-state index is 12.2. The molecule has 1 saturated carbocycles. The van der Waals surface area contributed by atoms with Gasteiger partial charge in [0.05, 0.1) is 18.8 Å². The van der Waals surface area contributed by atoms with Gasteiger partial charge in [0.1, 0.15) is 0 Å². The summed E-state index contributed by atoms with van der Waals surface area (Å²) in [5.41, 5.74) is 2.40. The van der Waals surface area contributed by atoms with Gasteiger partial charge < -0.3 is 9.73 Å². The molecule has 1 saturated heterocycles. The van der Waals surface area contributed by atoms with Gasteiger partial charge in [0.15, 0.2) is 0 Å². The number of carbonyl (C=O) groups is 1. The van der Waals surface area contributed by atoms with Gasteiger partial charge in [-0.05, 0) is 18.4 Å². The van der Waals surface area contributed by atoms with Crippen LogP contribution in [-0.2, 0) is 13.1 Å². The molecule has 2 fully saturated rings. The van der Waals surface area contributed by atoms with E-state index < -0.39 is 0 Å². The number of likely N-dealkylation sites (tertiary alicyclic amines) is 1. The first-order chi connectivity index (χ1) is 13.7. The highest BCUT2D eigenvalue weighted by Crippen LogP contribution is 2.38. The molecule has 2 aliphatic rings. The van der Waals surface area contributed by atoms with Crippen LogP contribution in [0.4, 0.5) is 0 Å². The minimum absolute atomic E-state index is 0.0718. The average Bonchev–Trinajstić information content (AvgIpc) is 3.23. The molecule has 1 amide bonds. The van der Waals surface area contributed by atoms with Gasteiger partial charge in [0.2, 0.25) is 5.89 Å². The molecule has 0 radical (unpaired) electrons. The Morgan fingerprint density at radius 2 is 1.93 bits per heavy atom. The number of nitrogens with zero attached hydrogens (tertiary/aromatic N) is 5. The first kappa shape index (κ1) is 17.1. The van der Waals surface area contributed by atoms with Gasteiger partial charge in [0, 0.05) is 37.3 Å². The highest BCUT2D eigenvalue weighted by atomic mass is 16.4. The molecule has 1 aliphatic heterocycles. The van der Waals surface area contributed by atoms with E-state index in [-0.39, 0.29) is 17.8 Å². The Morgan fingerprint density at radius 3 is 2.71 bits per heavy atom. The van der Waals surface area contributed by atoms with E-state index in [4.69, 9.17) is 4.42 Å². The van der Waals surface area contributed by atoms with Gasteiger partial charge in [-0.3, -0.25) is 14.4 Å². The van der Waals surface area contributed by atoms with Gasteiger partial charge in [-0.1, -0.05) is 30.3 Å². The van der Waals surface area contributed by atoms with Crippen molar-refractivity contribution in [3.8, 4) is 0 Å². The molecule has 3 heterocycles. The van der Waals surface area contributed by atoms with E-state index in [1.807, 2.05) is 29.1 Å². The maximum atomic E-state index is 12.2. The van der Waals surface area contributed by atoms with Crippen molar-refractivity contribution in [3.63, 3.8) is 0 Å². The summed E-state index contributed by atoms with van der Waals surface area (Å²) in [7, 11) is 0. The third kappa shape index (κ3) is 3.82. The highest BCUT2D eigenvalue weighted by Gasteiger charge is 2.32. The van der Waals surface area contributed by atoms with Crippen LogP contribution in [0.15, 0.2) is 47.1 Å². The van der Waals surface area contributed by atoms with Crippen molar-refractivity contribution in [2.75, 3.05) is 13.1 Å². The van der Waals surface area contributed by atoms with Gasteiger partial charge >= 0.3 is 11.8 Å². The summed E-state index contributed by atoms with van der Waals surface area (Å²) in [4.78, 5) is 14.5. The quantitative estimate of drug-likeness (QED) is 0.674. The molecule has 0 unspecified atom stereocenters. The summed E-state index contributed by atoms with van der Waals surface area (Å²) in [6, 6.07) is 10.4. The largest absolute Gasteiger partial charge is 0.417 e. The Labute approximate surface area is 162 Å². The second-order valence-electron chi connectivity index (χ2n) is 7.62. The smallest absolute Gasteiger partial charge is 0.309 e. The van der Waals surface area contributed by atoms with Crippen LogP contribution in [0.25, 0.3) is 0 Å². The van der Waals surface area contributed by atoms with E-state index in [2.05, 4.69) is 43.8 Å². The monoisotopic (exact) mass is 378 g/mol. The van der Waals surface area contributed by atoms with E-state index in [9.17, 15) is 4.79 Å². The van der Waals surface area contributed by atoms with E-state index in [0.717, 1.165) is 39.0 Å². The minimum atomic E-state index is -0.278. The molecule has 0 spiro atoms. The lowest BCUT2D eigenvalue weighted by Crippen LogP contribution is -2.58. The fourth-order valence-electron chi connectivity index (χ4n) is 3.46. The number of hydrogen-bond donors (Lipinski definition) is 1. The normalized spacial score (nSPS) is 17.4. The van der Waals surface area contributed by atoms with Crippen LogP contribution in [0.3, 0.4) is 0 Å². The molecule has 1 aliphatic carbocycles. The first-order valence-electron chi connectivity index (χ1n) is 9.65. The highest BCUT2D eigenvalue weighted by molar-refractivity contribution is 5.89.